The largest absolute Gasteiger partial charge is 0.369 e. The van der Waals surface area contributed by atoms with Crippen LogP contribution >= 0.6 is 0 Å². The van der Waals surface area contributed by atoms with Crippen LogP contribution in [0.2, 0.25) is 0 Å². The van der Waals surface area contributed by atoms with Crippen LogP contribution in [0.4, 0.5) is 0 Å². The molecule has 5 heteroatoms. The lowest BCUT2D eigenvalue weighted by molar-refractivity contribution is -0.119. The summed E-state index contributed by atoms with van der Waals surface area (Å²) >= 11 is 0. The first-order valence-electron chi connectivity index (χ1n) is 4.95. The summed E-state index contributed by atoms with van der Waals surface area (Å²) in [4.78, 5) is 11.4. The fraction of sp³-hybridized carbons (Fsp3) is 0.364. The van der Waals surface area contributed by atoms with E-state index in [0.717, 1.165) is 11.8 Å². The molecule has 0 aromatic heterocycles. The fourth-order valence-corrected chi connectivity index (χ4v) is 2.18. The van der Waals surface area contributed by atoms with E-state index < -0.39 is 15.7 Å². The highest BCUT2D eigenvalue weighted by molar-refractivity contribution is 7.90. The zero-order chi connectivity index (χ0) is 12.3. The predicted molar refractivity (Wildman–Crippen MR) is 61.8 cm³/mol. The van der Waals surface area contributed by atoms with Crippen molar-refractivity contribution in [1.82, 2.24) is 0 Å². The number of hydrogen-bond acceptors (Lipinski definition) is 3. The van der Waals surface area contributed by atoms with E-state index in [9.17, 15) is 13.2 Å². The number of rotatable bonds is 4. The Hall–Kier alpha value is -1.36. The SMILES string of the molecule is CCC(C(N)=O)c1ccc(S(C)(=O)=O)cc1. The number of benzene rings is 1. The van der Waals surface area contributed by atoms with Gasteiger partial charge in [0.1, 0.15) is 0 Å². The van der Waals surface area contributed by atoms with Gasteiger partial charge in [-0.05, 0) is 24.1 Å². The lowest BCUT2D eigenvalue weighted by Gasteiger charge is -2.11. The van der Waals surface area contributed by atoms with Gasteiger partial charge < -0.3 is 5.73 Å². The van der Waals surface area contributed by atoms with Gasteiger partial charge in [0.05, 0.1) is 10.8 Å². The van der Waals surface area contributed by atoms with E-state index in [2.05, 4.69) is 0 Å². The van der Waals surface area contributed by atoms with Gasteiger partial charge in [0.25, 0.3) is 0 Å². The molecular weight excluding hydrogens is 226 g/mol. The molecule has 0 aliphatic rings. The molecule has 0 radical (unpaired) electrons. The third-order valence-electron chi connectivity index (χ3n) is 2.46. The smallest absolute Gasteiger partial charge is 0.224 e. The van der Waals surface area contributed by atoms with Gasteiger partial charge in [-0.3, -0.25) is 4.79 Å². The highest BCUT2D eigenvalue weighted by Crippen LogP contribution is 2.20. The minimum absolute atomic E-state index is 0.246. The molecule has 1 atom stereocenters. The normalized spacial score (nSPS) is 13.4. The number of sulfone groups is 1. The van der Waals surface area contributed by atoms with E-state index >= 15 is 0 Å². The van der Waals surface area contributed by atoms with E-state index in [0.29, 0.717) is 6.42 Å². The zero-order valence-electron chi connectivity index (χ0n) is 9.30. The minimum Gasteiger partial charge on any atom is -0.369 e. The molecule has 0 heterocycles. The van der Waals surface area contributed by atoms with Gasteiger partial charge in [-0.1, -0.05) is 19.1 Å². The average Bonchev–Trinajstić information content (AvgIpc) is 2.17. The molecule has 1 unspecified atom stereocenters. The molecule has 1 aromatic rings. The van der Waals surface area contributed by atoms with Gasteiger partial charge in [-0.15, -0.1) is 0 Å². The topological polar surface area (TPSA) is 77.2 Å². The first kappa shape index (κ1) is 12.7. The van der Waals surface area contributed by atoms with Crippen LogP contribution in [0.5, 0.6) is 0 Å². The van der Waals surface area contributed by atoms with Crippen molar-refractivity contribution in [3.05, 3.63) is 29.8 Å². The van der Waals surface area contributed by atoms with Crippen molar-refractivity contribution in [2.75, 3.05) is 6.26 Å². The summed E-state index contributed by atoms with van der Waals surface area (Å²) in [5.74, 6) is -0.747. The van der Waals surface area contributed by atoms with E-state index in [1.165, 1.54) is 12.1 Å². The molecular formula is C11H15NO3S. The highest BCUT2D eigenvalue weighted by Gasteiger charge is 2.16. The molecule has 4 nitrogen and oxygen atoms in total. The lowest BCUT2D eigenvalue weighted by atomic mass is 9.96. The van der Waals surface area contributed by atoms with Crippen molar-refractivity contribution in [2.45, 2.75) is 24.2 Å². The maximum absolute atomic E-state index is 11.2. The first-order valence-corrected chi connectivity index (χ1v) is 6.84. The summed E-state index contributed by atoms with van der Waals surface area (Å²) in [6.45, 7) is 1.86. The highest BCUT2D eigenvalue weighted by atomic mass is 32.2. The second-order valence-corrected chi connectivity index (χ2v) is 5.72. The maximum atomic E-state index is 11.2. The molecule has 16 heavy (non-hydrogen) atoms. The Bertz CT molecular complexity index is 476. The van der Waals surface area contributed by atoms with E-state index in [-0.39, 0.29) is 10.8 Å². The summed E-state index contributed by atoms with van der Waals surface area (Å²) in [5, 5.41) is 0. The van der Waals surface area contributed by atoms with Gasteiger partial charge in [0.2, 0.25) is 5.91 Å². The molecule has 2 N–H and O–H groups in total. The van der Waals surface area contributed by atoms with Gasteiger partial charge in [0, 0.05) is 6.26 Å². The Morgan fingerprint density at radius 3 is 2.12 bits per heavy atom. The maximum Gasteiger partial charge on any atom is 0.224 e. The Labute approximate surface area is 95.4 Å². The second kappa shape index (κ2) is 4.65. The molecule has 0 saturated heterocycles. The molecule has 1 rings (SSSR count). The second-order valence-electron chi connectivity index (χ2n) is 3.70. The van der Waals surface area contributed by atoms with E-state index in [1.807, 2.05) is 6.92 Å². The number of hydrogen-bond donors (Lipinski definition) is 1. The van der Waals surface area contributed by atoms with Crippen molar-refractivity contribution in [1.29, 1.82) is 0 Å². The molecule has 0 saturated carbocycles. The van der Waals surface area contributed by atoms with Crippen molar-refractivity contribution in [2.24, 2.45) is 5.73 Å². The van der Waals surface area contributed by atoms with Crippen LogP contribution < -0.4 is 5.73 Å². The summed E-state index contributed by atoms with van der Waals surface area (Å²) in [7, 11) is -3.19. The molecule has 0 fully saturated rings. The summed E-state index contributed by atoms with van der Waals surface area (Å²) in [5.41, 5.74) is 6.00. The van der Waals surface area contributed by atoms with Gasteiger partial charge in [-0.2, -0.15) is 0 Å². The Morgan fingerprint density at radius 2 is 1.81 bits per heavy atom. The molecule has 0 spiro atoms. The number of carbonyl (C=O) groups is 1. The predicted octanol–water partition coefficient (Wildman–Crippen LogP) is 1.07. The summed E-state index contributed by atoms with van der Waals surface area (Å²) in [6, 6.07) is 6.26. The molecule has 0 bridgehead atoms. The standard InChI is InChI=1S/C11H15NO3S/c1-3-10(11(12)13)8-4-6-9(7-5-8)16(2,14)15/h4-7,10H,3H2,1-2H3,(H2,12,13). The average molecular weight is 241 g/mol. The molecule has 0 aliphatic carbocycles. The molecule has 1 aromatic carbocycles. The van der Waals surface area contributed by atoms with Crippen LogP contribution in [0, 0.1) is 0 Å². The Balaban J connectivity index is 3.08. The van der Waals surface area contributed by atoms with Crippen LogP contribution in [0.3, 0.4) is 0 Å². The van der Waals surface area contributed by atoms with E-state index in [1.54, 1.807) is 12.1 Å². The Kier molecular flexibility index (Phi) is 3.70. The minimum atomic E-state index is -3.19. The van der Waals surface area contributed by atoms with Crippen LogP contribution in [-0.4, -0.2) is 20.6 Å². The number of primary amides is 1. The fourth-order valence-electron chi connectivity index (χ4n) is 1.55. The molecule has 1 amide bonds. The quantitative estimate of drug-likeness (QED) is 0.856. The molecule has 0 aliphatic heterocycles. The number of nitrogens with two attached hydrogens (primary N) is 1. The van der Waals surface area contributed by atoms with Gasteiger partial charge in [0.15, 0.2) is 9.84 Å². The van der Waals surface area contributed by atoms with Crippen molar-refractivity contribution in [3.8, 4) is 0 Å². The number of amides is 1. The zero-order valence-corrected chi connectivity index (χ0v) is 10.1. The third kappa shape index (κ3) is 2.82. The first-order chi connectivity index (χ1) is 7.36. The summed E-state index contributed by atoms with van der Waals surface area (Å²) in [6.07, 6.45) is 1.75. The van der Waals surface area contributed by atoms with Crippen LogP contribution in [0.1, 0.15) is 24.8 Å². The lowest BCUT2D eigenvalue weighted by Crippen LogP contribution is -2.20. The number of carbonyl (C=O) groups excluding carboxylic acids is 1. The third-order valence-corrected chi connectivity index (χ3v) is 3.59. The van der Waals surface area contributed by atoms with Crippen LogP contribution in [0.25, 0.3) is 0 Å². The van der Waals surface area contributed by atoms with E-state index in [4.69, 9.17) is 5.73 Å². The van der Waals surface area contributed by atoms with Crippen LogP contribution in [-0.2, 0) is 14.6 Å². The van der Waals surface area contributed by atoms with Crippen molar-refractivity contribution >= 4 is 15.7 Å². The summed E-state index contributed by atoms with van der Waals surface area (Å²) < 4.78 is 22.5. The van der Waals surface area contributed by atoms with Gasteiger partial charge >= 0.3 is 0 Å². The molecule has 88 valence electrons. The van der Waals surface area contributed by atoms with Crippen molar-refractivity contribution < 1.29 is 13.2 Å². The monoisotopic (exact) mass is 241 g/mol. The Morgan fingerprint density at radius 1 is 1.31 bits per heavy atom. The van der Waals surface area contributed by atoms with Gasteiger partial charge in [-0.25, -0.2) is 8.42 Å². The van der Waals surface area contributed by atoms with Crippen LogP contribution in [0.15, 0.2) is 29.2 Å². The van der Waals surface area contributed by atoms with Crippen molar-refractivity contribution in [3.63, 3.8) is 0 Å².